The van der Waals surface area contributed by atoms with E-state index in [0.29, 0.717) is 24.8 Å². The zero-order valence-corrected chi connectivity index (χ0v) is 16.0. The van der Waals surface area contributed by atoms with Crippen LogP contribution in [0.4, 0.5) is 5.69 Å². The molecule has 0 saturated heterocycles. The minimum Gasteiger partial charge on any atom is -0.481 e. The SMILES string of the molecule is CC1Cc2ccccc2N1Cc1ccoc1C(=O)NCCC(C)(C)C(=O)O. The maximum absolute atomic E-state index is 12.5. The number of carbonyl (C=O) groups excluding carboxylic acids is 1. The molecule has 2 heterocycles. The third-order valence-corrected chi connectivity index (χ3v) is 5.26. The molecule has 1 atom stereocenters. The van der Waals surface area contributed by atoms with Gasteiger partial charge in [0, 0.05) is 30.4 Å². The molecule has 1 aromatic heterocycles. The molecule has 6 nitrogen and oxygen atoms in total. The van der Waals surface area contributed by atoms with Gasteiger partial charge in [-0.05, 0) is 51.3 Å². The van der Waals surface area contributed by atoms with Crippen molar-refractivity contribution < 1.29 is 19.1 Å². The summed E-state index contributed by atoms with van der Waals surface area (Å²) >= 11 is 0. The van der Waals surface area contributed by atoms with Crippen LogP contribution in [0.3, 0.4) is 0 Å². The molecule has 3 rings (SSSR count). The molecule has 1 aliphatic rings. The Kier molecular flexibility index (Phi) is 5.26. The number of nitrogens with one attached hydrogen (secondary N) is 1. The van der Waals surface area contributed by atoms with E-state index in [-0.39, 0.29) is 12.5 Å². The van der Waals surface area contributed by atoms with E-state index in [1.54, 1.807) is 13.8 Å². The van der Waals surface area contributed by atoms with Crippen molar-refractivity contribution in [2.24, 2.45) is 5.41 Å². The Balaban J connectivity index is 1.66. The zero-order chi connectivity index (χ0) is 19.6. The Labute approximate surface area is 159 Å². The smallest absolute Gasteiger partial charge is 0.309 e. The summed E-state index contributed by atoms with van der Waals surface area (Å²) in [5.74, 6) is -0.895. The van der Waals surface area contributed by atoms with Crippen molar-refractivity contribution in [3.05, 3.63) is 53.5 Å². The lowest BCUT2D eigenvalue weighted by molar-refractivity contribution is -0.147. The van der Waals surface area contributed by atoms with E-state index in [4.69, 9.17) is 9.52 Å². The molecule has 27 heavy (non-hydrogen) atoms. The Morgan fingerprint density at radius 2 is 2.04 bits per heavy atom. The molecule has 0 radical (unpaired) electrons. The highest BCUT2D eigenvalue weighted by molar-refractivity contribution is 5.93. The van der Waals surface area contributed by atoms with Gasteiger partial charge in [0.25, 0.3) is 5.91 Å². The highest BCUT2D eigenvalue weighted by atomic mass is 16.4. The van der Waals surface area contributed by atoms with E-state index in [1.165, 1.54) is 17.5 Å². The average molecular weight is 370 g/mol. The summed E-state index contributed by atoms with van der Waals surface area (Å²) < 4.78 is 5.44. The van der Waals surface area contributed by atoms with Crippen LogP contribution in [0.2, 0.25) is 0 Å². The van der Waals surface area contributed by atoms with Crippen molar-refractivity contribution >= 4 is 17.6 Å². The van der Waals surface area contributed by atoms with Crippen molar-refractivity contribution in [3.63, 3.8) is 0 Å². The Morgan fingerprint density at radius 3 is 2.78 bits per heavy atom. The Bertz CT molecular complexity index is 840. The van der Waals surface area contributed by atoms with Crippen molar-refractivity contribution in [2.45, 2.75) is 46.2 Å². The van der Waals surface area contributed by atoms with E-state index in [2.05, 4.69) is 29.3 Å². The average Bonchev–Trinajstić information content (AvgIpc) is 3.20. The first kappa shape index (κ1) is 19.0. The number of para-hydroxylation sites is 1. The highest BCUT2D eigenvalue weighted by Gasteiger charge is 2.29. The lowest BCUT2D eigenvalue weighted by Crippen LogP contribution is -2.33. The summed E-state index contributed by atoms with van der Waals surface area (Å²) in [6.45, 7) is 6.34. The first-order valence-corrected chi connectivity index (χ1v) is 9.22. The fourth-order valence-corrected chi connectivity index (χ4v) is 3.39. The second-order valence-corrected chi connectivity index (χ2v) is 7.78. The second kappa shape index (κ2) is 7.47. The van der Waals surface area contributed by atoms with Gasteiger partial charge in [-0.3, -0.25) is 9.59 Å². The Hall–Kier alpha value is -2.76. The molecule has 6 heteroatoms. The van der Waals surface area contributed by atoms with Gasteiger partial charge in [0.05, 0.1) is 11.7 Å². The number of hydrogen-bond acceptors (Lipinski definition) is 4. The summed E-state index contributed by atoms with van der Waals surface area (Å²) in [4.78, 5) is 26.0. The second-order valence-electron chi connectivity index (χ2n) is 7.78. The van der Waals surface area contributed by atoms with Gasteiger partial charge in [-0.2, -0.15) is 0 Å². The van der Waals surface area contributed by atoms with Crippen LogP contribution in [0.25, 0.3) is 0 Å². The molecule has 0 bridgehead atoms. The number of aliphatic carboxylic acids is 1. The van der Waals surface area contributed by atoms with E-state index in [9.17, 15) is 9.59 Å². The van der Waals surface area contributed by atoms with Crippen LogP contribution in [-0.2, 0) is 17.8 Å². The first-order valence-electron chi connectivity index (χ1n) is 9.22. The fourth-order valence-electron chi connectivity index (χ4n) is 3.39. The van der Waals surface area contributed by atoms with Gasteiger partial charge in [0.1, 0.15) is 0 Å². The van der Waals surface area contributed by atoms with Gasteiger partial charge < -0.3 is 19.7 Å². The van der Waals surface area contributed by atoms with Crippen LogP contribution in [0.15, 0.2) is 41.0 Å². The Morgan fingerprint density at radius 1 is 1.30 bits per heavy atom. The number of nitrogens with zero attached hydrogens (tertiary/aromatic N) is 1. The van der Waals surface area contributed by atoms with E-state index in [1.807, 2.05) is 18.2 Å². The highest BCUT2D eigenvalue weighted by Crippen LogP contribution is 2.33. The predicted octanol–water partition coefficient (Wildman–Crippen LogP) is 3.46. The van der Waals surface area contributed by atoms with Gasteiger partial charge in [0.15, 0.2) is 5.76 Å². The molecule has 1 aromatic carbocycles. The summed E-state index contributed by atoms with van der Waals surface area (Å²) in [5.41, 5.74) is 2.46. The number of carbonyl (C=O) groups is 2. The summed E-state index contributed by atoms with van der Waals surface area (Å²) in [5, 5.41) is 11.9. The number of anilines is 1. The van der Waals surface area contributed by atoms with Gasteiger partial charge in [-0.1, -0.05) is 18.2 Å². The van der Waals surface area contributed by atoms with Crippen LogP contribution in [0, 0.1) is 5.41 Å². The lowest BCUT2D eigenvalue weighted by Gasteiger charge is -2.24. The number of amides is 1. The molecule has 1 amide bonds. The van der Waals surface area contributed by atoms with Crippen LogP contribution in [-0.4, -0.2) is 29.6 Å². The van der Waals surface area contributed by atoms with Crippen molar-refractivity contribution in [1.82, 2.24) is 5.32 Å². The van der Waals surface area contributed by atoms with Crippen LogP contribution >= 0.6 is 0 Å². The summed E-state index contributed by atoms with van der Waals surface area (Å²) in [7, 11) is 0. The first-order chi connectivity index (χ1) is 12.8. The van der Waals surface area contributed by atoms with Crippen molar-refractivity contribution in [2.75, 3.05) is 11.4 Å². The molecule has 2 aromatic rings. The molecule has 2 N–H and O–H groups in total. The standard InChI is InChI=1S/C21H26N2O4/c1-14-12-15-6-4-5-7-17(15)23(14)13-16-8-11-27-18(16)19(24)22-10-9-21(2,3)20(25)26/h4-8,11,14H,9-10,12-13H2,1-3H3,(H,22,24)(H,25,26). The maximum Gasteiger partial charge on any atom is 0.309 e. The molecule has 144 valence electrons. The zero-order valence-electron chi connectivity index (χ0n) is 16.0. The molecular formula is C21H26N2O4. The molecular weight excluding hydrogens is 344 g/mol. The normalized spacial score (nSPS) is 16.3. The minimum atomic E-state index is -0.881. The van der Waals surface area contributed by atoms with E-state index < -0.39 is 11.4 Å². The number of furan rings is 1. The molecule has 1 aliphatic heterocycles. The van der Waals surface area contributed by atoms with Gasteiger partial charge >= 0.3 is 5.97 Å². The number of carboxylic acids is 1. The lowest BCUT2D eigenvalue weighted by atomic mass is 9.90. The monoisotopic (exact) mass is 370 g/mol. The number of rotatable bonds is 7. The third-order valence-electron chi connectivity index (χ3n) is 5.26. The molecule has 0 fully saturated rings. The summed E-state index contributed by atoms with van der Waals surface area (Å²) in [6, 6.07) is 10.5. The van der Waals surface area contributed by atoms with E-state index in [0.717, 1.165) is 12.0 Å². The topological polar surface area (TPSA) is 82.8 Å². The maximum atomic E-state index is 12.5. The van der Waals surface area contributed by atoms with Gasteiger partial charge in [0.2, 0.25) is 0 Å². The number of carboxylic acid groups (broad SMARTS) is 1. The van der Waals surface area contributed by atoms with Gasteiger partial charge in [-0.25, -0.2) is 0 Å². The predicted molar refractivity (Wildman–Crippen MR) is 103 cm³/mol. The van der Waals surface area contributed by atoms with Crippen LogP contribution < -0.4 is 10.2 Å². The number of fused-ring (bicyclic) bond motifs is 1. The largest absolute Gasteiger partial charge is 0.481 e. The van der Waals surface area contributed by atoms with Crippen molar-refractivity contribution in [1.29, 1.82) is 0 Å². The summed E-state index contributed by atoms with van der Waals surface area (Å²) in [6.07, 6.45) is 2.86. The molecule has 0 saturated carbocycles. The molecule has 0 spiro atoms. The third kappa shape index (κ3) is 3.99. The molecule has 1 unspecified atom stereocenters. The number of hydrogen-bond donors (Lipinski definition) is 2. The van der Waals surface area contributed by atoms with E-state index >= 15 is 0 Å². The quantitative estimate of drug-likeness (QED) is 0.780. The fraction of sp³-hybridized carbons (Fsp3) is 0.429. The van der Waals surface area contributed by atoms with Crippen LogP contribution in [0.1, 0.15) is 48.9 Å². The number of benzene rings is 1. The van der Waals surface area contributed by atoms with Crippen molar-refractivity contribution in [3.8, 4) is 0 Å². The molecule has 0 aliphatic carbocycles. The van der Waals surface area contributed by atoms with Gasteiger partial charge in [-0.15, -0.1) is 0 Å². The minimum absolute atomic E-state index is 0.279. The van der Waals surface area contributed by atoms with Crippen LogP contribution in [0.5, 0.6) is 0 Å².